The van der Waals surface area contributed by atoms with Crippen molar-refractivity contribution in [1.82, 2.24) is 14.5 Å². The normalized spacial score (nSPS) is 10.1. The number of fused-ring (bicyclic) bond motifs is 1. The first kappa shape index (κ1) is 12.9. The van der Waals surface area contributed by atoms with Crippen molar-refractivity contribution in [3.05, 3.63) is 20.5 Å². The van der Waals surface area contributed by atoms with E-state index in [4.69, 9.17) is 28.9 Å². The Morgan fingerprint density at radius 2 is 1.94 bits per heavy atom. The highest BCUT2D eigenvalue weighted by molar-refractivity contribution is 6.45. The maximum atomic E-state index is 11.5. The van der Waals surface area contributed by atoms with Gasteiger partial charge < -0.3 is 10.3 Å². The van der Waals surface area contributed by atoms with Crippen molar-refractivity contribution in [3.63, 3.8) is 0 Å². The third kappa shape index (κ3) is 1.88. The van der Waals surface area contributed by atoms with Crippen LogP contribution in [0, 0.1) is 0 Å². The van der Waals surface area contributed by atoms with Gasteiger partial charge in [-0.25, -0.2) is 0 Å². The van der Waals surface area contributed by atoms with Crippen LogP contribution >= 0.6 is 23.2 Å². The number of nitrogens with one attached hydrogen (secondary N) is 1. The second kappa shape index (κ2) is 4.76. The van der Waals surface area contributed by atoms with Crippen LogP contribution in [-0.4, -0.2) is 14.5 Å². The molecule has 0 bridgehead atoms. The molecule has 0 amide bonds. The molecule has 0 aliphatic carbocycles. The molecule has 16 heavy (non-hydrogen) atoms. The molecule has 0 atom stereocenters. The minimum Gasteiger partial charge on any atom is -0.369 e. The van der Waals surface area contributed by atoms with Gasteiger partial charge in [0.25, 0.3) is 5.56 Å². The number of rotatable bonds is 0. The van der Waals surface area contributed by atoms with Gasteiger partial charge in [-0.05, 0) is 0 Å². The highest BCUT2D eigenvalue weighted by atomic mass is 35.5. The van der Waals surface area contributed by atoms with Gasteiger partial charge in [0.15, 0.2) is 5.65 Å². The summed E-state index contributed by atoms with van der Waals surface area (Å²) < 4.78 is 1.50. The van der Waals surface area contributed by atoms with E-state index >= 15 is 0 Å². The predicted molar refractivity (Wildman–Crippen MR) is 67.1 cm³/mol. The van der Waals surface area contributed by atoms with Crippen LogP contribution in [0.3, 0.4) is 0 Å². The molecule has 2 aromatic rings. The van der Waals surface area contributed by atoms with E-state index in [0.717, 1.165) is 0 Å². The Balaban J connectivity index is 0.000000606. The summed E-state index contributed by atoms with van der Waals surface area (Å²) in [7, 11) is 1.66. The molecule has 3 N–H and O–H groups in total. The third-order valence-corrected chi connectivity index (χ3v) is 2.84. The number of halogens is 2. The van der Waals surface area contributed by atoms with E-state index in [1.165, 1.54) is 4.57 Å². The van der Waals surface area contributed by atoms with E-state index < -0.39 is 0 Å². The van der Waals surface area contributed by atoms with Gasteiger partial charge in [0.2, 0.25) is 5.95 Å². The predicted octanol–water partition coefficient (Wildman–Crippen LogP) is 2.18. The Kier molecular flexibility index (Phi) is 3.83. The topological polar surface area (TPSA) is 76.7 Å². The fraction of sp³-hybridized carbons (Fsp3) is 0.333. The van der Waals surface area contributed by atoms with E-state index in [-0.39, 0.29) is 27.1 Å². The van der Waals surface area contributed by atoms with E-state index in [1.807, 2.05) is 13.8 Å². The summed E-state index contributed by atoms with van der Waals surface area (Å²) >= 11 is 11.7. The van der Waals surface area contributed by atoms with Crippen LogP contribution < -0.4 is 11.3 Å². The molecular formula is C9H12Cl2N4O. The zero-order valence-electron chi connectivity index (χ0n) is 9.14. The Morgan fingerprint density at radius 3 is 2.50 bits per heavy atom. The molecule has 0 aliphatic rings. The van der Waals surface area contributed by atoms with Crippen LogP contribution in [0.25, 0.3) is 11.0 Å². The molecule has 88 valence electrons. The number of aromatic nitrogens is 3. The summed E-state index contributed by atoms with van der Waals surface area (Å²) in [4.78, 5) is 17.7. The highest BCUT2D eigenvalue weighted by Crippen LogP contribution is 2.29. The van der Waals surface area contributed by atoms with Gasteiger partial charge in [0.05, 0.1) is 5.02 Å². The molecule has 2 heterocycles. The average molecular weight is 263 g/mol. The van der Waals surface area contributed by atoms with Crippen molar-refractivity contribution < 1.29 is 0 Å². The summed E-state index contributed by atoms with van der Waals surface area (Å²) in [5.41, 5.74) is 5.37. The molecule has 7 heteroatoms. The van der Waals surface area contributed by atoms with Gasteiger partial charge in [-0.1, -0.05) is 37.0 Å². The summed E-state index contributed by atoms with van der Waals surface area (Å²) in [6.45, 7) is 4.00. The monoisotopic (exact) mass is 262 g/mol. The zero-order chi connectivity index (χ0) is 12.5. The molecule has 0 aliphatic heterocycles. The third-order valence-electron chi connectivity index (χ3n) is 1.93. The van der Waals surface area contributed by atoms with Crippen LogP contribution in [-0.2, 0) is 7.05 Å². The molecule has 0 fully saturated rings. The van der Waals surface area contributed by atoms with Crippen LogP contribution in [0.4, 0.5) is 5.95 Å². The molecule has 0 saturated heterocycles. The van der Waals surface area contributed by atoms with Gasteiger partial charge in [-0.2, -0.15) is 4.98 Å². The number of nitrogens with zero attached hydrogens (tertiary/aromatic N) is 2. The SMILES string of the molecule is CC.Cn1c(Cl)c(Cl)c2c(=O)[nH]c(N)nc21. The summed E-state index contributed by atoms with van der Waals surface area (Å²) in [5, 5.41) is 0.719. The van der Waals surface area contributed by atoms with Crippen molar-refractivity contribution in [2.45, 2.75) is 13.8 Å². The van der Waals surface area contributed by atoms with E-state index in [2.05, 4.69) is 9.97 Å². The smallest absolute Gasteiger partial charge is 0.263 e. The molecule has 0 aromatic carbocycles. The summed E-state index contributed by atoms with van der Waals surface area (Å²) in [6, 6.07) is 0. The van der Waals surface area contributed by atoms with E-state index in [9.17, 15) is 4.79 Å². The lowest BCUT2D eigenvalue weighted by Crippen LogP contribution is -2.11. The molecule has 0 spiro atoms. The number of nitrogens with two attached hydrogens (primary N) is 1. The minimum atomic E-state index is -0.389. The van der Waals surface area contributed by atoms with Crippen molar-refractivity contribution in [2.75, 3.05) is 5.73 Å². The number of aryl methyl sites for hydroxylation is 1. The number of hydrogen-bond donors (Lipinski definition) is 2. The van der Waals surface area contributed by atoms with Crippen molar-refractivity contribution in [3.8, 4) is 0 Å². The summed E-state index contributed by atoms with van der Waals surface area (Å²) in [6.07, 6.45) is 0. The maximum Gasteiger partial charge on any atom is 0.263 e. The Labute approximate surface area is 102 Å². The largest absolute Gasteiger partial charge is 0.369 e. The average Bonchev–Trinajstić information content (AvgIpc) is 2.47. The minimum absolute atomic E-state index is 0.0384. The Morgan fingerprint density at radius 1 is 1.38 bits per heavy atom. The van der Waals surface area contributed by atoms with Crippen LogP contribution in [0.2, 0.25) is 10.2 Å². The standard InChI is InChI=1S/C7H6Cl2N4O.C2H6/c1-13-4(9)3(8)2-5(13)11-7(10)12-6(2)14;1-2/h1H3,(H3,10,11,12,14);1-2H3. The lowest BCUT2D eigenvalue weighted by atomic mass is 10.4. The zero-order valence-corrected chi connectivity index (χ0v) is 10.6. The maximum absolute atomic E-state index is 11.5. The molecule has 2 aromatic heterocycles. The Hall–Kier alpha value is -1.20. The van der Waals surface area contributed by atoms with Gasteiger partial charge in [0.1, 0.15) is 10.5 Å². The molecule has 2 rings (SSSR count). The Bertz CT molecular complexity index is 573. The van der Waals surface area contributed by atoms with E-state index in [0.29, 0.717) is 5.65 Å². The second-order valence-electron chi connectivity index (χ2n) is 2.81. The van der Waals surface area contributed by atoms with Crippen LogP contribution in [0.1, 0.15) is 13.8 Å². The van der Waals surface area contributed by atoms with Crippen molar-refractivity contribution in [2.24, 2.45) is 7.05 Å². The number of nitrogen functional groups attached to an aromatic ring is 1. The van der Waals surface area contributed by atoms with Crippen LogP contribution in [0.15, 0.2) is 4.79 Å². The molecule has 0 radical (unpaired) electrons. The van der Waals surface area contributed by atoms with Gasteiger partial charge >= 0.3 is 0 Å². The fourth-order valence-corrected chi connectivity index (χ4v) is 1.73. The first-order chi connectivity index (χ1) is 7.52. The summed E-state index contributed by atoms with van der Waals surface area (Å²) in [5.74, 6) is 0.0384. The molecule has 5 nitrogen and oxygen atoms in total. The number of aromatic amines is 1. The number of anilines is 1. The van der Waals surface area contributed by atoms with Gasteiger partial charge in [0, 0.05) is 7.05 Å². The second-order valence-corrected chi connectivity index (χ2v) is 3.55. The lowest BCUT2D eigenvalue weighted by molar-refractivity contribution is 0.945. The van der Waals surface area contributed by atoms with Crippen molar-refractivity contribution in [1.29, 1.82) is 0 Å². The van der Waals surface area contributed by atoms with Gasteiger partial charge in [-0.3, -0.25) is 9.78 Å². The van der Waals surface area contributed by atoms with Crippen molar-refractivity contribution >= 4 is 40.2 Å². The number of H-pyrrole nitrogens is 1. The number of hydrogen-bond acceptors (Lipinski definition) is 3. The lowest BCUT2D eigenvalue weighted by Gasteiger charge is -1.96. The highest BCUT2D eigenvalue weighted by Gasteiger charge is 2.16. The van der Waals surface area contributed by atoms with E-state index in [1.54, 1.807) is 7.05 Å². The fourth-order valence-electron chi connectivity index (χ4n) is 1.26. The first-order valence-corrected chi connectivity index (χ1v) is 5.47. The quantitative estimate of drug-likeness (QED) is 0.764. The molecule has 0 unspecified atom stereocenters. The molecular weight excluding hydrogens is 251 g/mol. The van der Waals surface area contributed by atoms with Gasteiger partial charge in [-0.15, -0.1) is 0 Å². The van der Waals surface area contributed by atoms with Crippen LogP contribution in [0.5, 0.6) is 0 Å². The molecule has 0 saturated carbocycles. The first-order valence-electron chi connectivity index (χ1n) is 4.71.